The summed E-state index contributed by atoms with van der Waals surface area (Å²) in [6.07, 6.45) is -1.33. The lowest BCUT2D eigenvalue weighted by Gasteiger charge is -2.15. The third-order valence-corrected chi connectivity index (χ3v) is 3.05. The summed E-state index contributed by atoms with van der Waals surface area (Å²) in [4.78, 5) is 0. The summed E-state index contributed by atoms with van der Waals surface area (Å²) in [5.74, 6) is -2.47. The summed E-state index contributed by atoms with van der Waals surface area (Å²) < 4.78 is 40.2. The molecule has 0 heterocycles. The van der Waals surface area contributed by atoms with Gasteiger partial charge in [0.25, 0.3) is 0 Å². The Hall–Kier alpha value is -1.81. The number of aryl methyl sites for hydroxylation is 2. The molecule has 100 valence electrons. The van der Waals surface area contributed by atoms with Crippen LogP contribution in [-0.2, 0) is 0 Å². The van der Waals surface area contributed by atoms with Gasteiger partial charge in [-0.3, -0.25) is 0 Å². The average Bonchev–Trinajstić information content (AvgIpc) is 2.38. The van der Waals surface area contributed by atoms with Crippen LogP contribution < -0.4 is 0 Å². The molecule has 0 aliphatic carbocycles. The first-order valence-corrected chi connectivity index (χ1v) is 5.80. The topological polar surface area (TPSA) is 20.2 Å². The van der Waals surface area contributed by atoms with Crippen molar-refractivity contribution in [1.82, 2.24) is 0 Å². The van der Waals surface area contributed by atoms with Crippen LogP contribution in [0.5, 0.6) is 0 Å². The fourth-order valence-corrected chi connectivity index (χ4v) is 2.05. The molecule has 0 aliphatic heterocycles. The molecule has 1 atom stereocenters. The van der Waals surface area contributed by atoms with E-state index in [0.29, 0.717) is 16.7 Å². The van der Waals surface area contributed by atoms with Crippen molar-refractivity contribution in [3.8, 4) is 0 Å². The van der Waals surface area contributed by atoms with E-state index in [-0.39, 0.29) is 11.4 Å². The summed E-state index contributed by atoms with van der Waals surface area (Å²) in [5.41, 5.74) is 0.878. The molecule has 19 heavy (non-hydrogen) atoms. The van der Waals surface area contributed by atoms with Crippen molar-refractivity contribution in [3.63, 3.8) is 0 Å². The van der Waals surface area contributed by atoms with Gasteiger partial charge in [0.15, 0.2) is 11.6 Å². The lowest BCUT2D eigenvalue weighted by molar-refractivity contribution is 0.213. The average molecular weight is 266 g/mol. The summed E-state index contributed by atoms with van der Waals surface area (Å²) in [7, 11) is 0. The van der Waals surface area contributed by atoms with Crippen LogP contribution in [0.4, 0.5) is 13.2 Å². The molecule has 1 N–H and O–H groups in total. The number of benzene rings is 2. The van der Waals surface area contributed by atoms with Crippen molar-refractivity contribution in [2.75, 3.05) is 0 Å². The Bertz CT molecular complexity index is 600. The van der Waals surface area contributed by atoms with E-state index in [4.69, 9.17) is 0 Å². The van der Waals surface area contributed by atoms with E-state index in [9.17, 15) is 18.3 Å². The summed E-state index contributed by atoms with van der Waals surface area (Å²) >= 11 is 0. The normalized spacial score (nSPS) is 12.5. The van der Waals surface area contributed by atoms with Crippen molar-refractivity contribution in [2.24, 2.45) is 0 Å². The van der Waals surface area contributed by atoms with Crippen molar-refractivity contribution < 1.29 is 18.3 Å². The van der Waals surface area contributed by atoms with Crippen LogP contribution in [0.1, 0.15) is 28.4 Å². The van der Waals surface area contributed by atoms with Crippen LogP contribution in [0, 0.1) is 31.3 Å². The Morgan fingerprint density at radius 3 is 2.11 bits per heavy atom. The smallest absolute Gasteiger partial charge is 0.164 e. The number of aliphatic hydroxyl groups excluding tert-OH is 1. The summed E-state index contributed by atoms with van der Waals surface area (Å²) in [6, 6.07) is 6.46. The highest BCUT2D eigenvalue weighted by Gasteiger charge is 2.19. The standard InChI is InChI=1S/C15H13F3O/c1-8-6-10(7-9(2)13(8)17)15(19)11-4-3-5-12(16)14(11)18/h3-7,15,19H,1-2H3. The van der Waals surface area contributed by atoms with E-state index < -0.39 is 17.7 Å². The molecule has 2 aromatic carbocycles. The van der Waals surface area contributed by atoms with Crippen molar-refractivity contribution >= 4 is 0 Å². The summed E-state index contributed by atoms with van der Waals surface area (Å²) in [5, 5.41) is 10.1. The zero-order chi connectivity index (χ0) is 14.2. The van der Waals surface area contributed by atoms with Crippen molar-refractivity contribution in [3.05, 3.63) is 70.0 Å². The van der Waals surface area contributed by atoms with E-state index >= 15 is 0 Å². The molecule has 0 bridgehead atoms. The highest BCUT2D eigenvalue weighted by molar-refractivity contribution is 5.37. The first-order chi connectivity index (χ1) is 8.91. The van der Waals surface area contributed by atoms with Crippen molar-refractivity contribution in [2.45, 2.75) is 20.0 Å². The Morgan fingerprint density at radius 2 is 1.53 bits per heavy atom. The van der Waals surface area contributed by atoms with Crippen LogP contribution in [0.3, 0.4) is 0 Å². The van der Waals surface area contributed by atoms with Crippen LogP contribution in [0.25, 0.3) is 0 Å². The minimum atomic E-state index is -1.33. The van der Waals surface area contributed by atoms with E-state index in [1.807, 2.05) is 0 Å². The van der Waals surface area contributed by atoms with Gasteiger partial charge < -0.3 is 5.11 Å². The van der Waals surface area contributed by atoms with Gasteiger partial charge in [0, 0.05) is 5.56 Å². The Kier molecular flexibility index (Phi) is 3.62. The third kappa shape index (κ3) is 2.49. The van der Waals surface area contributed by atoms with Gasteiger partial charge in [0.1, 0.15) is 11.9 Å². The molecule has 2 rings (SSSR count). The van der Waals surface area contributed by atoms with Gasteiger partial charge in [-0.1, -0.05) is 24.3 Å². The molecular formula is C15H13F3O. The largest absolute Gasteiger partial charge is 0.384 e. The molecule has 0 radical (unpaired) electrons. The first-order valence-electron chi connectivity index (χ1n) is 5.80. The van der Waals surface area contributed by atoms with E-state index in [1.165, 1.54) is 24.3 Å². The predicted molar refractivity (Wildman–Crippen MR) is 66.3 cm³/mol. The second-order valence-electron chi connectivity index (χ2n) is 4.51. The van der Waals surface area contributed by atoms with Gasteiger partial charge >= 0.3 is 0 Å². The Labute approximate surface area is 109 Å². The van der Waals surface area contributed by atoms with E-state index in [0.717, 1.165) is 6.07 Å². The lowest BCUT2D eigenvalue weighted by atomic mass is 9.97. The predicted octanol–water partition coefficient (Wildman–Crippen LogP) is 3.80. The van der Waals surface area contributed by atoms with Crippen LogP contribution in [0.2, 0.25) is 0 Å². The monoisotopic (exact) mass is 266 g/mol. The summed E-state index contributed by atoms with van der Waals surface area (Å²) in [6.45, 7) is 3.11. The molecule has 0 fully saturated rings. The maximum absolute atomic E-state index is 13.6. The molecule has 2 aromatic rings. The van der Waals surface area contributed by atoms with Crippen LogP contribution in [-0.4, -0.2) is 5.11 Å². The third-order valence-electron chi connectivity index (χ3n) is 3.05. The van der Waals surface area contributed by atoms with E-state index in [2.05, 4.69) is 0 Å². The minimum Gasteiger partial charge on any atom is -0.384 e. The van der Waals surface area contributed by atoms with Gasteiger partial charge in [0.05, 0.1) is 0 Å². The molecule has 0 aliphatic rings. The zero-order valence-electron chi connectivity index (χ0n) is 10.5. The minimum absolute atomic E-state index is 0.162. The van der Waals surface area contributed by atoms with Gasteiger partial charge in [-0.15, -0.1) is 0 Å². The molecule has 4 heteroatoms. The number of hydrogen-bond acceptors (Lipinski definition) is 1. The highest BCUT2D eigenvalue weighted by atomic mass is 19.2. The number of rotatable bonds is 2. The lowest BCUT2D eigenvalue weighted by Crippen LogP contribution is -2.05. The number of halogens is 3. The number of aliphatic hydroxyl groups is 1. The van der Waals surface area contributed by atoms with Gasteiger partial charge in [-0.05, 0) is 36.6 Å². The quantitative estimate of drug-likeness (QED) is 0.876. The molecule has 0 saturated carbocycles. The number of hydrogen-bond donors (Lipinski definition) is 1. The zero-order valence-corrected chi connectivity index (χ0v) is 10.5. The molecule has 0 amide bonds. The van der Waals surface area contributed by atoms with Gasteiger partial charge in [-0.25, -0.2) is 13.2 Å². The molecule has 0 aromatic heterocycles. The molecule has 1 unspecified atom stereocenters. The van der Waals surface area contributed by atoms with Gasteiger partial charge in [0.2, 0.25) is 0 Å². The first kappa shape index (κ1) is 13.6. The molecule has 0 saturated heterocycles. The van der Waals surface area contributed by atoms with Gasteiger partial charge in [-0.2, -0.15) is 0 Å². The Balaban J connectivity index is 2.50. The maximum Gasteiger partial charge on any atom is 0.164 e. The SMILES string of the molecule is Cc1cc(C(O)c2cccc(F)c2F)cc(C)c1F. The molecule has 0 spiro atoms. The second-order valence-corrected chi connectivity index (χ2v) is 4.51. The second kappa shape index (κ2) is 5.05. The highest BCUT2D eigenvalue weighted by Crippen LogP contribution is 2.28. The fourth-order valence-electron chi connectivity index (χ4n) is 2.05. The molecular weight excluding hydrogens is 253 g/mol. The maximum atomic E-state index is 13.6. The molecule has 1 nitrogen and oxygen atoms in total. The Morgan fingerprint density at radius 1 is 0.947 bits per heavy atom. The van der Waals surface area contributed by atoms with E-state index in [1.54, 1.807) is 13.8 Å². The van der Waals surface area contributed by atoms with Crippen LogP contribution >= 0.6 is 0 Å². The van der Waals surface area contributed by atoms with Crippen molar-refractivity contribution in [1.29, 1.82) is 0 Å². The fraction of sp³-hybridized carbons (Fsp3) is 0.200. The van der Waals surface area contributed by atoms with Crippen LogP contribution in [0.15, 0.2) is 30.3 Å².